The first-order valence-corrected chi connectivity index (χ1v) is 9.90. The van der Waals surface area contributed by atoms with E-state index in [0.717, 1.165) is 13.8 Å². The zero-order valence-corrected chi connectivity index (χ0v) is 17.9. The SMILES string of the molecule is CC(=O)OC1C2=C(c3c(c(O)c4c(O)cccc4c3O)C2=NN)C(O)C(OC(C)=O)C1(C)O. The van der Waals surface area contributed by atoms with Gasteiger partial charge in [0, 0.05) is 35.9 Å². The summed E-state index contributed by atoms with van der Waals surface area (Å²) in [5.74, 6) is 2.68. The number of nitrogens with two attached hydrogens (primary N) is 1. The molecule has 0 amide bonds. The van der Waals surface area contributed by atoms with Crippen LogP contribution in [0.2, 0.25) is 0 Å². The van der Waals surface area contributed by atoms with E-state index in [-0.39, 0.29) is 44.5 Å². The van der Waals surface area contributed by atoms with Crippen LogP contribution >= 0.6 is 0 Å². The standard InChI is InChI=1S/C22H22N2O9/c1-7(25)32-20-15-13(19(30)21(22(20,3)31)33-8(2)26)12-14(16(15)24-23)18(29)11-9(17(12)28)5-4-6-10(11)27/h4-6,19-21,27-31H,23H2,1-3H3. The molecule has 0 bridgehead atoms. The number of carbonyl (C=O) groups is 2. The summed E-state index contributed by atoms with van der Waals surface area (Å²) in [6, 6.07) is 4.17. The summed E-state index contributed by atoms with van der Waals surface area (Å²) >= 11 is 0. The molecule has 0 saturated heterocycles. The summed E-state index contributed by atoms with van der Waals surface area (Å²) in [7, 11) is 0. The van der Waals surface area contributed by atoms with E-state index in [1.54, 1.807) is 0 Å². The largest absolute Gasteiger partial charge is 0.507 e. The van der Waals surface area contributed by atoms with Crippen LogP contribution in [0.25, 0.3) is 16.3 Å². The molecule has 4 atom stereocenters. The van der Waals surface area contributed by atoms with Crippen LogP contribution in [-0.4, -0.2) is 67.1 Å². The summed E-state index contributed by atoms with van der Waals surface area (Å²) in [5.41, 5.74) is -2.78. The zero-order chi connectivity index (χ0) is 24.4. The van der Waals surface area contributed by atoms with Gasteiger partial charge in [-0.1, -0.05) is 12.1 Å². The number of hydrogen-bond acceptors (Lipinski definition) is 11. The van der Waals surface area contributed by atoms with Crippen molar-refractivity contribution in [1.29, 1.82) is 0 Å². The molecule has 0 aliphatic heterocycles. The van der Waals surface area contributed by atoms with Crippen molar-refractivity contribution in [3.8, 4) is 17.2 Å². The van der Waals surface area contributed by atoms with Gasteiger partial charge >= 0.3 is 11.9 Å². The lowest BCUT2D eigenvalue weighted by molar-refractivity contribution is -0.197. The van der Waals surface area contributed by atoms with E-state index in [0.29, 0.717) is 0 Å². The molecule has 11 heteroatoms. The summed E-state index contributed by atoms with van der Waals surface area (Å²) in [5, 5.41) is 58.6. The van der Waals surface area contributed by atoms with Gasteiger partial charge in [0.25, 0.3) is 0 Å². The molecular weight excluding hydrogens is 436 g/mol. The molecule has 2 aromatic rings. The molecule has 2 aliphatic rings. The highest BCUT2D eigenvalue weighted by Crippen LogP contribution is 2.55. The summed E-state index contributed by atoms with van der Waals surface area (Å²) in [6.07, 6.45) is -4.91. The van der Waals surface area contributed by atoms with E-state index in [9.17, 15) is 35.1 Å². The number of rotatable bonds is 2. The number of nitrogens with zero attached hydrogens (tertiary/aromatic N) is 1. The number of carbonyl (C=O) groups excluding carboxylic acids is 2. The minimum atomic E-state index is -2.15. The lowest BCUT2D eigenvalue weighted by Gasteiger charge is -2.44. The number of fused-ring (bicyclic) bond motifs is 3. The van der Waals surface area contributed by atoms with Gasteiger partial charge in [-0.3, -0.25) is 9.59 Å². The van der Waals surface area contributed by atoms with E-state index in [2.05, 4.69) is 5.10 Å². The Bertz CT molecular complexity index is 1280. The Morgan fingerprint density at radius 1 is 1.03 bits per heavy atom. The monoisotopic (exact) mass is 458 g/mol. The van der Waals surface area contributed by atoms with E-state index in [4.69, 9.17) is 15.3 Å². The second-order valence-corrected chi connectivity index (χ2v) is 8.14. The molecule has 4 rings (SSSR count). The lowest BCUT2D eigenvalue weighted by Crippen LogP contribution is -2.61. The number of ether oxygens (including phenoxy) is 2. The fraction of sp³-hybridized carbons (Fsp3) is 0.318. The van der Waals surface area contributed by atoms with E-state index >= 15 is 0 Å². The molecule has 4 unspecified atom stereocenters. The van der Waals surface area contributed by atoms with Crippen LogP contribution in [0.3, 0.4) is 0 Å². The zero-order valence-electron chi connectivity index (χ0n) is 17.9. The summed E-state index contributed by atoms with van der Waals surface area (Å²) in [4.78, 5) is 23.6. The highest BCUT2D eigenvalue weighted by Gasteiger charge is 2.59. The number of esters is 2. The molecule has 7 N–H and O–H groups in total. The van der Waals surface area contributed by atoms with Crippen molar-refractivity contribution in [2.24, 2.45) is 10.9 Å². The Morgan fingerprint density at radius 3 is 2.24 bits per heavy atom. The number of hydrazone groups is 1. The molecule has 174 valence electrons. The molecule has 0 fully saturated rings. The van der Waals surface area contributed by atoms with Gasteiger partial charge in [-0.2, -0.15) is 5.10 Å². The van der Waals surface area contributed by atoms with Gasteiger partial charge in [-0.05, 0) is 13.0 Å². The molecule has 0 spiro atoms. The predicted octanol–water partition coefficient (Wildman–Crippen LogP) is 0.376. The molecule has 0 heterocycles. The van der Waals surface area contributed by atoms with Crippen LogP contribution in [0.1, 0.15) is 31.9 Å². The minimum absolute atomic E-state index is 0.0500. The third kappa shape index (κ3) is 3.00. The van der Waals surface area contributed by atoms with Crippen molar-refractivity contribution >= 4 is 34.0 Å². The molecule has 0 aromatic heterocycles. The Labute approximate surface area is 187 Å². The maximum Gasteiger partial charge on any atom is 0.303 e. The van der Waals surface area contributed by atoms with Crippen molar-refractivity contribution in [2.75, 3.05) is 0 Å². The highest BCUT2D eigenvalue weighted by atomic mass is 16.6. The normalized spacial score (nSPS) is 27.4. The van der Waals surface area contributed by atoms with Crippen molar-refractivity contribution in [3.05, 3.63) is 34.9 Å². The average Bonchev–Trinajstić information content (AvgIpc) is 3.07. The molecule has 11 nitrogen and oxygen atoms in total. The van der Waals surface area contributed by atoms with E-state index in [1.807, 2.05) is 0 Å². The average molecular weight is 458 g/mol. The minimum Gasteiger partial charge on any atom is -0.507 e. The summed E-state index contributed by atoms with van der Waals surface area (Å²) in [6.45, 7) is 3.35. The van der Waals surface area contributed by atoms with Crippen LogP contribution in [0.5, 0.6) is 17.2 Å². The lowest BCUT2D eigenvalue weighted by atomic mass is 9.74. The fourth-order valence-electron chi connectivity index (χ4n) is 4.70. The van der Waals surface area contributed by atoms with Gasteiger partial charge in [-0.15, -0.1) is 0 Å². The highest BCUT2D eigenvalue weighted by molar-refractivity contribution is 6.29. The molecule has 2 aromatic carbocycles. The van der Waals surface area contributed by atoms with Gasteiger partial charge in [0.05, 0.1) is 10.9 Å². The maximum absolute atomic E-state index is 11.9. The van der Waals surface area contributed by atoms with Crippen LogP contribution in [0, 0.1) is 0 Å². The Kier molecular flexibility index (Phi) is 4.99. The second-order valence-electron chi connectivity index (χ2n) is 8.14. The first kappa shape index (κ1) is 22.4. The number of phenols is 3. The Morgan fingerprint density at radius 2 is 1.67 bits per heavy atom. The Balaban J connectivity index is 2.13. The molecule has 33 heavy (non-hydrogen) atoms. The first-order chi connectivity index (χ1) is 15.4. The Hall–Kier alpha value is -3.83. The smallest absolute Gasteiger partial charge is 0.303 e. The summed E-state index contributed by atoms with van der Waals surface area (Å²) < 4.78 is 10.5. The van der Waals surface area contributed by atoms with Gasteiger partial charge in [0.1, 0.15) is 34.7 Å². The van der Waals surface area contributed by atoms with Crippen molar-refractivity contribution in [3.63, 3.8) is 0 Å². The topological polar surface area (TPSA) is 192 Å². The number of aliphatic hydroxyl groups excluding tert-OH is 1. The predicted molar refractivity (Wildman–Crippen MR) is 114 cm³/mol. The van der Waals surface area contributed by atoms with Gasteiger partial charge in [-0.25, -0.2) is 0 Å². The van der Waals surface area contributed by atoms with Gasteiger partial charge in [0.15, 0.2) is 12.2 Å². The molecular formula is C22H22N2O9. The van der Waals surface area contributed by atoms with Crippen LogP contribution in [-0.2, 0) is 19.1 Å². The van der Waals surface area contributed by atoms with Crippen molar-refractivity contribution in [1.82, 2.24) is 0 Å². The van der Waals surface area contributed by atoms with Gasteiger partial charge < -0.3 is 40.8 Å². The maximum atomic E-state index is 11.9. The molecule has 2 aliphatic carbocycles. The number of phenolic OH excluding ortho intramolecular Hbond substituents is 3. The van der Waals surface area contributed by atoms with Crippen LogP contribution in [0.4, 0.5) is 0 Å². The fourth-order valence-corrected chi connectivity index (χ4v) is 4.70. The third-order valence-electron chi connectivity index (χ3n) is 5.97. The third-order valence-corrected chi connectivity index (χ3v) is 5.97. The molecule has 0 saturated carbocycles. The number of aliphatic hydroxyl groups is 2. The number of hydrogen-bond donors (Lipinski definition) is 6. The van der Waals surface area contributed by atoms with E-state index in [1.165, 1.54) is 25.1 Å². The first-order valence-electron chi connectivity index (χ1n) is 9.90. The van der Waals surface area contributed by atoms with Crippen molar-refractivity contribution in [2.45, 2.75) is 44.7 Å². The second kappa shape index (κ2) is 7.36. The number of benzene rings is 2. The molecule has 0 radical (unpaired) electrons. The van der Waals surface area contributed by atoms with Gasteiger partial charge in [0.2, 0.25) is 0 Å². The van der Waals surface area contributed by atoms with Crippen LogP contribution in [0.15, 0.2) is 28.9 Å². The number of aromatic hydroxyl groups is 3. The van der Waals surface area contributed by atoms with Crippen molar-refractivity contribution < 1.29 is 44.6 Å². The quantitative estimate of drug-likeness (QED) is 0.159. The van der Waals surface area contributed by atoms with E-state index < -0.39 is 47.4 Å². The van der Waals surface area contributed by atoms with Crippen LogP contribution < -0.4 is 5.84 Å².